The third kappa shape index (κ3) is 5.35. The molecule has 1 aromatic carbocycles. The highest BCUT2D eigenvalue weighted by molar-refractivity contribution is 7.80. The topological polar surface area (TPSA) is 68.8 Å². The van der Waals surface area contributed by atoms with Crippen LogP contribution in [0.15, 0.2) is 29.5 Å². The van der Waals surface area contributed by atoms with Gasteiger partial charge in [-0.1, -0.05) is 26.2 Å². The first kappa shape index (κ1) is 21.0. The van der Waals surface area contributed by atoms with Crippen molar-refractivity contribution in [2.45, 2.75) is 45.6 Å². The Balaban J connectivity index is 2.29. The highest BCUT2D eigenvalue weighted by atomic mass is 32.1. The molecule has 27 heavy (non-hydrogen) atoms. The lowest BCUT2D eigenvalue weighted by atomic mass is 9.94. The molecule has 0 radical (unpaired) electrons. The van der Waals surface area contributed by atoms with Crippen LogP contribution < -0.4 is 20.1 Å². The molecule has 1 heterocycles. The average Bonchev–Trinajstić information content (AvgIpc) is 2.66. The Morgan fingerprint density at radius 3 is 2.63 bits per heavy atom. The third-order valence-corrected chi connectivity index (χ3v) is 4.69. The number of hydrogen-bond donors (Lipinski definition) is 2. The fourth-order valence-corrected chi connectivity index (χ4v) is 3.31. The standard InChI is InChI=1S/C20H28N2O4S/c1-5-6-7-8-11-26-19(23)17-13(2)21-20(27)22-18(17)15-12-14(24-3)9-10-16(15)25-4/h9-10,12,18H,5-8,11H2,1-4H3,(H2,21,22,27). The molecule has 0 spiro atoms. The molecular formula is C20H28N2O4S. The first-order chi connectivity index (χ1) is 13.0. The van der Waals surface area contributed by atoms with Gasteiger partial charge in [-0.15, -0.1) is 0 Å². The summed E-state index contributed by atoms with van der Waals surface area (Å²) >= 11 is 5.29. The fourth-order valence-electron chi connectivity index (χ4n) is 3.03. The molecule has 0 aromatic heterocycles. The van der Waals surface area contributed by atoms with Crippen molar-refractivity contribution < 1.29 is 19.0 Å². The SMILES string of the molecule is CCCCCCOC(=O)C1=C(C)NC(=S)NC1c1cc(OC)ccc1OC. The maximum Gasteiger partial charge on any atom is 0.338 e. The molecule has 2 rings (SSSR count). The van der Waals surface area contributed by atoms with Gasteiger partial charge in [-0.25, -0.2) is 4.79 Å². The van der Waals surface area contributed by atoms with Gasteiger partial charge in [-0.2, -0.15) is 0 Å². The van der Waals surface area contributed by atoms with Crippen molar-refractivity contribution in [3.05, 3.63) is 35.0 Å². The van der Waals surface area contributed by atoms with E-state index in [1.807, 2.05) is 25.1 Å². The maximum absolute atomic E-state index is 12.8. The number of allylic oxidation sites excluding steroid dienone is 1. The molecule has 0 saturated heterocycles. The van der Waals surface area contributed by atoms with Gasteiger partial charge >= 0.3 is 5.97 Å². The lowest BCUT2D eigenvalue weighted by Gasteiger charge is -2.30. The van der Waals surface area contributed by atoms with Crippen molar-refractivity contribution in [3.63, 3.8) is 0 Å². The number of benzene rings is 1. The van der Waals surface area contributed by atoms with E-state index in [-0.39, 0.29) is 5.97 Å². The molecular weight excluding hydrogens is 364 g/mol. The first-order valence-electron chi connectivity index (χ1n) is 9.19. The first-order valence-corrected chi connectivity index (χ1v) is 9.60. The second kappa shape index (κ2) is 10.2. The normalized spacial score (nSPS) is 16.4. The predicted octanol–water partition coefficient (Wildman–Crippen LogP) is 3.62. The van der Waals surface area contributed by atoms with Crippen molar-refractivity contribution in [2.75, 3.05) is 20.8 Å². The molecule has 1 aliphatic heterocycles. The zero-order valence-corrected chi connectivity index (χ0v) is 17.2. The second-order valence-electron chi connectivity index (χ2n) is 6.37. The summed E-state index contributed by atoms with van der Waals surface area (Å²) in [4.78, 5) is 12.8. The Kier molecular flexibility index (Phi) is 7.91. The quantitative estimate of drug-likeness (QED) is 0.378. The number of ether oxygens (including phenoxy) is 3. The van der Waals surface area contributed by atoms with Gasteiger partial charge < -0.3 is 24.8 Å². The van der Waals surface area contributed by atoms with Crippen LogP contribution >= 0.6 is 12.2 Å². The van der Waals surface area contributed by atoms with Gasteiger partial charge in [0.1, 0.15) is 11.5 Å². The molecule has 2 N–H and O–H groups in total. The Morgan fingerprint density at radius 2 is 1.96 bits per heavy atom. The minimum Gasteiger partial charge on any atom is -0.497 e. The zero-order valence-electron chi connectivity index (χ0n) is 16.4. The molecule has 6 nitrogen and oxygen atoms in total. The average molecular weight is 393 g/mol. The number of carbonyl (C=O) groups is 1. The molecule has 0 aliphatic carbocycles. The minimum atomic E-state index is -0.480. The second-order valence-corrected chi connectivity index (χ2v) is 6.78. The summed E-state index contributed by atoms with van der Waals surface area (Å²) in [6.45, 7) is 4.37. The highest BCUT2D eigenvalue weighted by Crippen LogP contribution is 2.35. The minimum absolute atomic E-state index is 0.360. The van der Waals surface area contributed by atoms with Gasteiger partial charge in [0.2, 0.25) is 0 Å². The van der Waals surface area contributed by atoms with Crippen LogP contribution in [-0.2, 0) is 9.53 Å². The van der Waals surface area contributed by atoms with Gasteiger partial charge in [0.15, 0.2) is 5.11 Å². The number of unbranched alkanes of at least 4 members (excludes halogenated alkanes) is 3. The lowest BCUT2D eigenvalue weighted by molar-refractivity contribution is -0.139. The molecule has 1 aromatic rings. The van der Waals surface area contributed by atoms with Crippen molar-refractivity contribution in [1.29, 1.82) is 0 Å². The van der Waals surface area contributed by atoms with Crippen LogP contribution in [-0.4, -0.2) is 31.9 Å². The van der Waals surface area contributed by atoms with Crippen LogP contribution in [0.3, 0.4) is 0 Å². The van der Waals surface area contributed by atoms with E-state index in [4.69, 9.17) is 26.4 Å². The Bertz CT molecular complexity index is 718. The zero-order chi connectivity index (χ0) is 19.8. The van der Waals surface area contributed by atoms with Crippen molar-refractivity contribution in [2.24, 2.45) is 0 Å². The van der Waals surface area contributed by atoms with E-state index in [1.165, 1.54) is 0 Å². The molecule has 0 saturated carbocycles. The van der Waals surface area contributed by atoms with Gasteiger partial charge in [0.25, 0.3) is 0 Å². The number of thiocarbonyl (C=S) groups is 1. The number of nitrogens with one attached hydrogen (secondary N) is 2. The number of methoxy groups -OCH3 is 2. The summed E-state index contributed by atoms with van der Waals surface area (Å²) < 4.78 is 16.3. The van der Waals surface area contributed by atoms with Crippen LogP contribution in [0.25, 0.3) is 0 Å². The van der Waals surface area contributed by atoms with Crippen molar-refractivity contribution in [3.8, 4) is 11.5 Å². The molecule has 0 fully saturated rings. The molecule has 1 aliphatic rings. The van der Waals surface area contributed by atoms with E-state index in [1.54, 1.807) is 14.2 Å². The Morgan fingerprint density at radius 1 is 1.19 bits per heavy atom. The molecule has 148 valence electrons. The van der Waals surface area contributed by atoms with E-state index >= 15 is 0 Å². The van der Waals surface area contributed by atoms with Crippen LogP contribution in [0.2, 0.25) is 0 Å². The molecule has 1 atom stereocenters. The number of esters is 1. The van der Waals surface area contributed by atoms with Crippen molar-refractivity contribution >= 4 is 23.3 Å². The van der Waals surface area contributed by atoms with Crippen LogP contribution in [0, 0.1) is 0 Å². The monoisotopic (exact) mass is 392 g/mol. The van der Waals surface area contributed by atoms with E-state index in [2.05, 4.69) is 17.6 Å². The number of hydrogen-bond acceptors (Lipinski definition) is 5. The molecule has 7 heteroatoms. The largest absolute Gasteiger partial charge is 0.497 e. The van der Waals surface area contributed by atoms with Crippen LogP contribution in [0.1, 0.15) is 51.1 Å². The number of rotatable bonds is 9. The lowest BCUT2D eigenvalue weighted by Crippen LogP contribution is -2.45. The smallest absolute Gasteiger partial charge is 0.338 e. The van der Waals surface area contributed by atoms with Gasteiger partial charge in [-0.05, 0) is 43.8 Å². The fraction of sp³-hybridized carbons (Fsp3) is 0.500. The summed E-state index contributed by atoms with van der Waals surface area (Å²) in [6, 6.07) is 4.98. The molecule has 0 bridgehead atoms. The highest BCUT2D eigenvalue weighted by Gasteiger charge is 2.33. The number of carbonyl (C=O) groups excluding carboxylic acids is 1. The summed E-state index contributed by atoms with van der Waals surface area (Å²) in [5, 5.41) is 6.62. The summed E-state index contributed by atoms with van der Waals surface area (Å²) in [5.41, 5.74) is 1.93. The summed E-state index contributed by atoms with van der Waals surface area (Å²) in [7, 11) is 3.19. The molecule has 1 unspecified atom stereocenters. The van der Waals surface area contributed by atoms with E-state index in [0.29, 0.717) is 34.5 Å². The van der Waals surface area contributed by atoms with Crippen LogP contribution in [0.4, 0.5) is 0 Å². The van der Waals surface area contributed by atoms with Gasteiger partial charge in [-0.3, -0.25) is 0 Å². The Hall–Kier alpha value is -2.28. The van der Waals surface area contributed by atoms with Crippen LogP contribution in [0.5, 0.6) is 11.5 Å². The van der Waals surface area contributed by atoms with E-state index in [0.717, 1.165) is 31.2 Å². The van der Waals surface area contributed by atoms with Crippen molar-refractivity contribution in [1.82, 2.24) is 10.6 Å². The maximum atomic E-state index is 12.8. The molecule has 0 amide bonds. The Labute approximate surface area is 166 Å². The van der Waals surface area contributed by atoms with Gasteiger partial charge in [0.05, 0.1) is 32.4 Å². The van der Waals surface area contributed by atoms with E-state index < -0.39 is 6.04 Å². The predicted molar refractivity (Wildman–Crippen MR) is 109 cm³/mol. The van der Waals surface area contributed by atoms with E-state index in [9.17, 15) is 4.79 Å². The summed E-state index contributed by atoms with van der Waals surface area (Å²) in [5.74, 6) is 0.947. The summed E-state index contributed by atoms with van der Waals surface area (Å²) in [6.07, 6.45) is 4.19. The van der Waals surface area contributed by atoms with Gasteiger partial charge in [0, 0.05) is 11.3 Å². The third-order valence-electron chi connectivity index (χ3n) is 4.47.